The molecule has 0 bridgehead atoms. The van der Waals surface area contributed by atoms with Crippen LogP contribution in [0.15, 0.2) is 64.8 Å². The van der Waals surface area contributed by atoms with Gasteiger partial charge in [0.25, 0.3) is 5.91 Å². The van der Waals surface area contributed by atoms with Gasteiger partial charge >= 0.3 is 0 Å². The fourth-order valence-corrected chi connectivity index (χ4v) is 2.95. The van der Waals surface area contributed by atoms with Crippen molar-refractivity contribution in [3.8, 4) is 24.0 Å². The zero-order chi connectivity index (χ0) is 22.2. The summed E-state index contributed by atoms with van der Waals surface area (Å²) in [6.07, 6.45) is 8.23. The molecule has 156 valence electrons. The summed E-state index contributed by atoms with van der Waals surface area (Å²) >= 11 is 0. The number of methoxy groups -OCH3 is 1. The van der Waals surface area contributed by atoms with Crippen molar-refractivity contribution < 1.29 is 19.4 Å². The minimum atomic E-state index is -0.674. The molecule has 1 heterocycles. The van der Waals surface area contributed by atoms with Gasteiger partial charge in [0.05, 0.1) is 19.2 Å². The summed E-state index contributed by atoms with van der Waals surface area (Å²) in [7, 11) is 1.54. The third kappa shape index (κ3) is 4.97. The minimum Gasteiger partial charge on any atom is -0.496 e. The molecule has 3 aromatic rings. The van der Waals surface area contributed by atoms with Gasteiger partial charge in [-0.15, -0.1) is 16.7 Å². The van der Waals surface area contributed by atoms with Gasteiger partial charge in [-0.05, 0) is 18.2 Å². The van der Waals surface area contributed by atoms with E-state index in [4.69, 9.17) is 11.2 Å². The molecule has 0 saturated heterocycles. The smallest absolute Gasteiger partial charge is 0.283 e. The van der Waals surface area contributed by atoms with Gasteiger partial charge in [0.15, 0.2) is 5.69 Å². The number of para-hydroxylation sites is 2. The molecular weight excluding hydrogens is 396 g/mol. The topological polar surface area (TPSA) is 105 Å². The molecule has 1 aromatic heterocycles. The highest BCUT2D eigenvalue weighted by Crippen LogP contribution is 2.38. The van der Waals surface area contributed by atoms with Crippen LogP contribution in [0.5, 0.6) is 11.6 Å². The number of hydrogen-bond acceptors (Lipinski definition) is 5. The van der Waals surface area contributed by atoms with Crippen LogP contribution in [0.4, 0.5) is 5.69 Å². The molecular formula is C23H20N4O4. The Labute approximate surface area is 178 Å². The van der Waals surface area contributed by atoms with Crippen LogP contribution in [0.3, 0.4) is 0 Å². The molecule has 8 heteroatoms. The molecule has 0 atom stereocenters. The third-order valence-corrected chi connectivity index (χ3v) is 4.40. The fraction of sp³-hybridized carbons (Fsp3) is 0.130. The fourth-order valence-electron chi connectivity index (χ4n) is 2.95. The predicted octanol–water partition coefficient (Wildman–Crippen LogP) is 3.43. The van der Waals surface area contributed by atoms with E-state index in [0.717, 1.165) is 5.56 Å². The SMILES string of the molecule is C#CCn1c(O)c(N=NC(=O)CNC(=O)C=Cc2ccccc2OC)c2ccccc21. The number of hydrogen-bond donors (Lipinski definition) is 2. The predicted molar refractivity (Wildman–Crippen MR) is 117 cm³/mol. The first kappa shape index (κ1) is 21.3. The van der Waals surface area contributed by atoms with Gasteiger partial charge in [-0.1, -0.05) is 42.3 Å². The molecule has 2 N–H and O–H groups in total. The van der Waals surface area contributed by atoms with Crippen LogP contribution < -0.4 is 10.1 Å². The lowest BCUT2D eigenvalue weighted by atomic mass is 10.2. The first-order valence-electron chi connectivity index (χ1n) is 9.32. The maximum absolute atomic E-state index is 12.0. The molecule has 0 spiro atoms. The summed E-state index contributed by atoms with van der Waals surface area (Å²) in [5.74, 6) is 1.76. The van der Waals surface area contributed by atoms with Crippen molar-refractivity contribution in [1.82, 2.24) is 9.88 Å². The quantitative estimate of drug-likeness (QED) is 0.350. The van der Waals surface area contributed by atoms with E-state index in [1.807, 2.05) is 12.1 Å². The van der Waals surface area contributed by atoms with Gasteiger partial charge in [0, 0.05) is 17.0 Å². The van der Waals surface area contributed by atoms with Gasteiger partial charge in [-0.2, -0.15) is 0 Å². The number of nitrogens with one attached hydrogen (secondary N) is 1. The monoisotopic (exact) mass is 416 g/mol. The molecule has 0 aliphatic carbocycles. The molecule has 3 rings (SSSR count). The lowest BCUT2D eigenvalue weighted by molar-refractivity contribution is -0.122. The largest absolute Gasteiger partial charge is 0.496 e. The second-order valence-corrected chi connectivity index (χ2v) is 6.37. The van der Waals surface area contributed by atoms with Crippen LogP contribution in [0.1, 0.15) is 5.56 Å². The van der Waals surface area contributed by atoms with E-state index < -0.39 is 11.8 Å². The van der Waals surface area contributed by atoms with E-state index >= 15 is 0 Å². The van der Waals surface area contributed by atoms with Crippen LogP contribution in [-0.4, -0.2) is 35.1 Å². The van der Waals surface area contributed by atoms with Crippen molar-refractivity contribution in [2.45, 2.75) is 6.54 Å². The number of amides is 2. The summed E-state index contributed by atoms with van der Waals surface area (Å²) in [5.41, 5.74) is 1.54. The summed E-state index contributed by atoms with van der Waals surface area (Å²) < 4.78 is 6.71. The number of azo groups is 1. The summed E-state index contributed by atoms with van der Waals surface area (Å²) in [4.78, 5) is 24.0. The molecule has 31 heavy (non-hydrogen) atoms. The second-order valence-electron chi connectivity index (χ2n) is 6.37. The number of fused-ring (bicyclic) bond motifs is 1. The first-order valence-corrected chi connectivity index (χ1v) is 9.32. The Morgan fingerprint density at radius 1 is 1.23 bits per heavy atom. The Hall–Kier alpha value is -4.38. The molecule has 0 saturated carbocycles. The Balaban J connectivity index is 1.65. The number of nitrogens with zero attached hydrogens (tertiary/aromatic N) is 3. The van der Waals surface area contributed by atoms with E-state index in [1.165, 1.54) is 17.8 Å². The molecule has 0 radical (unpaired) electrons. The van der Waals surface area contributed by atoms with E-state index in [2.05, 4.69) is 21.5 Å². The Morgan fingerprint density at radius 3 is 2.74 bits per heavy atom. The van der Waals surface area contributed by atoms with E-state index in [-0.39, 0.29) is 24.7 Å². The lowest BCUT2D eigenvalue weighted by Gasteiger charge is -2.03. The van der Waals surface area contributed by atoms with Gasteiger partial charge in [0.2, 0.25) is 11.8 Å². The lowest BCUT2D eigenvalue weighted by Crippen LogP contribution is -2.26. The zero-order valence-corrected chi connectivity index (χ0v) is 16.8. The van der Waals surface area contributed by atoms with Gasteiger partial charge in [-0.25, -0.2) is 0 Å². The van der Waals surface area contributed by atoms with E-state index in [1.54, 1.807) is 42.5 Å². The van der Waals surface area contributed by atoms with Crippen molar-refractivity contribution >= 4 is 34.5 Å². The number of aromatic nitrogens is 1. The van der Waals surface area contributed by atoms with Crippen LogP contribution in [0.2, 0.25) is 0 Å². The van der Waals surface area contributed by atoms with Gasteiger partial charge < -0.3 is 15.2 Å². The Morgan fingerprint density at radius 2 is 1.97 bits per heavy atom. The summed E-state index contributed by atoms with van der Waals surface area (Å²) in [5, 5.41) is 20.9. The Bertz CT molecular complexity index is 1220. The summed E-state index contributed by atoms with van der Waals surface area (Å²) in [6.45, 7) is -0.202. The molecule has 0 aliphatic rings. The number of aromatic hydroxyl groups is 1. The molecule has 0 aliphatic heterocycles. The number of terminal acetylenes is 1. The van der Waals surface area contributed by atoms with Gasteiger partial charge in [0.1, 0.15) is 12.3 Å². The van der Waals surface area contributed by atoms with Crippen LogP contribution >= 0.6 is 0 Å². The standard InChI is InChI=1S/C23H20N4O4/c1-3-14-27-18-10-6-5-9-17(18)22(23(27)30)26-25-21(29)15-24-20(28)13-12-16-8-4-7-11-19(16)31-2/h1,4-13,30H,14-15H2,2H3,(H,24,28). The number of rotatable bonds is 7. The van der Waals surface area contributed by atoms with Crippen molar-refractivity contribution in [3.63, 3.8) is 0 Å². The van der Waals surface area contributed by atoms with Crippen molar-refractivity contribution in [1.29, 1.82) is 0 Å². The van der Waals surface area contributed by atoms with E-state index in [9.17, 15) is 14.7 Å². The highest BCUT2D eigenvalue weighted by molar-refractivity contribution is 5.96. The zero-order valence-electron chi connectivity index (χ0n) is 16.8. The number of carbonyl (C=O) groups excluding carboxylic acids is 2. The average Bonchev–Trinajstić information content (AvgIpc) is 3.06. The molecule has 2 amide bonds. The maximum atomic E-state index is 12.0. The maximum Gasteiger partial charge on any atom is 0.283 e. The van der Waals surface area contributed by atoms with Crippen molar-refractivity contribution in [3.05, 3.63) is 60.2 Å². The average molecular weight is 416 g/mol. The normalized spacial score (nSPS) is 11.1. The molecule has 0 unspecified atom stereocenters. The van der Waals surface area contributed by atoms with E-state index in [0.29, 0.717) is 16.7 Å². The van der Waals surface area contributed by atoms with Crippen molar-refractivity contribution in [2.75, 3.05) is 13.7 Å². The number of ether oxygens (including phenoxy) is 1. The third-order valence-electron chi connectivity index (χ3n) is 4.40. The minimum absolute atomic E-state index is 0.140. The number of benzene rings is 2. The second kappa shape index (κ2) is 9.89. The molecule has 2 aromatic carbocycles. The van der Waals surface area contributed by atoms with Crippen LogP contribution in [0, 0.1) is 12.3 Å². The summed E-state index contributed by atoms with van der Waals surface area (Å²) in [6, 6.07) is 14.3. The first-order chi connectivity index (χ1) is 15.0. The van der Waals surface area contributed by atoms with Crippen LogP contribution in [-0.2, 0) is 16.1 Å². The van der Waals surface area contributed by atoms with Crippen LogP contribution in [0.25, 0.3) is 17.0 Å². The van der Waals surface area contributed by atoms with Gasteiger partial charge in [-0.3, -0.25) is 14.2 Å². The molecule has 8 nitrogen and oxygen atoms in total. The van der Waals surface area contributed by atoms with Crippen molar-refractivity contribution in [2.24, 2.45) is 10.2 Å². The number of carbonyl (C=O) groups is 2. The molecule has 0 fully saturated rings. The highest BCUT2D eigenvalue weighted by Gasteiger charge is 2.16. The Kier molecular flexibility index (Phi) is 6.81. The highest BCUT2D eigenvalue weighted by atomic mass is 16.5.